The number of nitrogens with zero attached hydrogens (tertiary/aromatic N) is 1. The second-order valence-corrected chi connectivity index (χ2v) is 7.20. The van der Waals surface area contributed by atoms with Crippen molar-refractivity contribution in [3.05, 3.63) is 0 Å². The number of hydrogen-bond donors (Lipinski definition) is 0. The van der Waals surface area contributed by atoms with E-state index in [1.165, 1.54) is 12.8 Å². The van der Waals surface area contributed by atoms with Gasteiger partial charge < -0.3 is 4.90 Å². The molecule has 0 heterocycles. The average Bonchev–Trinajstić information content (AvgIpc) is 2.93. The van der Waals surface area contributed by atoms with E-state index < -0.39 is 0 Å². The van der Waals surface area contributed by atoms with Crippen molar-refractivity contribution in [2.24, 2.45) is 17.3 Å². The summed E-state index contributed by atoms with van der Waals surface area (Å²) in [4.78, 5) is 14.4. The molecule has 0 radical (unpaired) electrons. The molecule has 0 bridgehead atoms. The van der Waals surface area contributed by atoms with Gasteiger partial charge in [0.25, 0.3) is 0 Å². The fraction of sp³-hybridized carbons (Fsp3) is 0.933. The Hall–Kier alpha value is -0.530. The first-order valence-corrected chi connectivity index (χ1v) is 7.01. The highest BCUT2D eigenvalue weighted by Gasteiger charge is 2.31. The predicted octanol–water partition coefficient (Wildman–Crippen LogP) is 3.71. The molecule has 0 aliphatic heterocycles. The maximum atomic E-state index is 12.3. The fourth-order valence-corrected chi connectivity index (χ4v) is 2.39. The molecular formula is C15H29NO. The Morgan fingerprint density at radius 3 is 2.12 bits per heavy atom. The van der Waals surface area contributed by atoms with E-state index in [2.05, 4.69) is 32.6 Å². The number of carbonyl (C=O) groups is 1. The molecule has 1 atom stereocenters. The predicted molar refractivity (Wildman–Crippen MR) is 72.8 cm³/mol. The molecule has 1 rings (SSSR count). The van der Waals surface area contributed by atoms with Gasteiger partial charge in [-0.15, -0.1) is 0 Å². The molecule has 0 spiro atoms. The van der Waals surface area contributed by atoms with Crippen LogP contribution in [0.15, 0.2) is 0 Å². The van der Waals surface area contributed by atoms with Crippen LogP contribution in [0.4, 0.5) is 0 Å². The van der Waals surface area contributed by atoms with Crippen LogP contribution in [0.3, 0.4) is 0 Å². The lowest BCUT2D eigenvalue weighted by molar-refractivity contribution is -0.137. The number of amides is 1. The molecule has 1 fully saturated rings. The maximum Gasteiger partial charge on any atom is 0.225 e. The summed E-state index contributed by atoms with van der Waals surface area (Å²) in [6.07, 6.45) is 3.70. The molecule has 100 valence electrons. The lowest BCUT2D eigenvalue weighted by Crippen LogP contribution is -2.43. The van der Waals surface area contributed by atoms with Crippen LogP contribution in [0.2, 0.25) is 0 Å². The largest absolute Gasteiger partial charge is 0.339 e. The molecule has 0 saturated heterocycles. The van der Waals surface area contributed by atoms with Crippen LogP contribution < -0.4 is 0 Å². The summed E-state index contributed by atoms with van der Waals surface area (Å²) >= 11 is 0. The molecule has 2 heteroatoms. The van der Waals surface area contributed by atoms with Crippen LogP contribution in [0.5, 0.6) is 0 Å². The van der Waals surface area contributed by atoms with Crippen molar-refractivity contribution in [1.82, 2.24) is 4.90 Å². The molecule has 0 N–H and O–H groups in total. The van der Waals surface area contributed by atoms with E-state index in [-0.39, 0.29) is 5.92 Å². The Morgan fingerprint density at radius 1 is 1.24 bits per heavy atom. The Morgan fingerprint density at radius 2 is 1.76 bits per heavy atom. The molecule has 0 unspecified atom stereocenters. The summed E-state index contributed by atoms with van der Waals surface area (Å²) in [7, 11) is 0. The molecule has 0 aromatic heterocycles. The van der Waals surface area contributed by atoms with Gasteiger partial charge in [0.2, 0.25) is 5.91 Å². The highest BCUT2D eigenvalue weighted by atomic mass is 16.2. The van der Waals surface area contributed by atoms with Gasteiger partial charge >= 0.3 is 0 Å². The van der Waals surface area contributed by atoms with Crippen molar-refractivity contribution < 1.29 is 4.79 Å². The van der Waals surface area contributed by atoms with Crippen LogP contribution in [0.25, 0.3) is 0 Å². The number of carbonyl (C=O) groups excluding carboxylic acids is 1. The zero-order valence-electron chi connectivity index (χ0n) is 12.4. The second-order valence-electron chi connectivity index (χ2n) is 7.20. The second kappa shape index (κ2) is 5.41. The molecule has 1 aliphatic carbocycles. The Bertz CT molecular complexity index is 261. The van der Waals surface area contributed by atoms with Gasteiger partial charge in [0.15, 0.2) is 0 Å². The highest BCUT2D eigenvalue weighted by molar-refractivity contribution is 5.78. The van der Waals surface area contributed by atoms with Gasteiger partial charge in [-0.1, -0.05) is 34.6 Å². The van der Waals surface area contributed by atoms with Gasteiger partial charge in [-0.3, -0.25) is 4.79 Å². The summed E-state index contributed by atoms with van der Waals surface area (Å²) in [5.41, 5.74) is 0.290. The standard InChI is InChI=1S/C15H29NO/c1-11(2)14(17)16(10-13-7-8-13)12(3)9-15(4,5)6/h11-13H,7-10H2,1-6H3/t12-/m0/s1. The van der Waals surface area contributed by atoms with Crippen LogP contribution in [-0.2, 0) is 4.79 Å². The van der Waals surface area contributed by atoms with Crippen molar-refractivity contribution >= 4 is 5.91 Å². The van der Waals surface area contributed by atoms with Crippen LogP contribution in [0, 0.1) is 17.3 Å². The third-order valence-corrected chi connectivity index (χ3v) is 3.37. The van der Waals surface area contributed by atoms with Crippen molar-refractivity contribution in [3.8, 4) is 0 Å². The average molecular weight is 239 g/mol. The molecule has 0 aromatic carbocycles. The fourth-order valence-electron chi connectivity index (χ4n) is 2.39. The number of hydrogen-bond acceptors (Lipinski definition) is 1. The topological polar surface area (TPSA) is 20.3 Å². The summed E-state index contributed by atoms with van der Waals surface area (Å²) in [6, 6.07) is 0.366. The van der Waals surface area contributed by atoms with Gasteiger partial charge in [-0.2, -0.15) is 0 Å². The summed E-state index contributed by atoms with van der Waals surface area (Å²) in [5.74, 6) is 1.23. The summed E-state index contributed by atoms with van der Waals surface area (Å²) in [5, 5.41) is 0. The molecule has 17 heavy (non-hydrogen) atoms. The molecule has 0 aromatic rings. The molecule has 1 amide bonds. The van der Waals surface area contributed by atoms with Crippen molar-refractivity contribution in [2.45, 2.75) is 66.8 Å². The monoisotopic (exact) mass is 239 g/mol. The van der Waals surface area contributed by atoms with E-state index in [0.717, 1.165) is 18.9 Å². The quantitative estimate of drug-likeness (QED) is 0.716. The highest BCUT2D eigenvalue weighted by Crippen LogP contribution is 2.32. The molecule has 1 saturated carbocycles. The van der Waals surface area contributed by atoms with Gasteiger partial charge in [-0.25, -0.2) is 0 Å². The Balaban J connectivity index is 2.63. The van der Waals surface area contributed by atoms with Crippen LogP contribution in [0.1, 0.15) is 60.8 Å². The van der Waals surface area contributed by atoms with Crippen molar-refractivity contribution in [2.75, 3.05) is 6.54 Å². The minimum Gasteiger partial charge on any atom is -0.339 e. The van der Waals surface area contributed by atoms with Gasteiger partial charge in [0.05, 0.1) is 0 Å². The normalized spacial score (nSPS) is 18.3. The van der Waals surface area contributed by atoms with Gasteiger partial charge in [0.1, 0.15) is 0 Å². The maximum absolute atomic E-state index is 12.3. The van der Waals surface area contributed by atoms with E-state index in [0.29, 0.717) is 17.4 Å². The minimum atomic E-state index is 0.121. The third kappa shape index (κ3) is 5.10. The molecule has 2 nitrogen and oxygen atoms in total. The third-order valence-electron chi connectivity index (χ3n) is 3.37. The summed E-state index contributed by atoms with van der Waals surface area (Å²) in [6.45, 7) is 13.9. The minimum absolute atomic E-state index is 0.121. The van der Waals surface area contributed by atoms with Crippen LogP contribution in [-0.4, -0.2) is 23.4 Å². The lowest BCUT2D eigenvalue weighted by atomic mass is 9.87. The SMILES string of the molecule is CC(C)C(=O)N(CC1CC1)[C@@H](C)CC(C)(C)C. The Kier molecular flexibility index (Phi) is 4.62. The van der Waals surface area contributed by atoms with E-state index in [1.807, 2.05) is 13.8 Å². The molecule has 1 aliphatic rings. The van der Waals surface area contributed by atoms with E-state index >= 15 is 0 Å². The zero-order chi connectivity index (χ0) is 13.2. The van der Waals surface area contributed by atoms with E-state index in [1.54, 1.807) is 0 Å². The first-order valence-electron chi connectivity index (χ1n) is 7.01. The van der Waals surface area contributed by atoms with Crippen molar-refractivity contribution in [1.29, 1.82) is 0 Å². The zero-order valence-corrected chi connectivity index (χ0v) is 12.4. The number of rotatable bonds is 5. The van der Waals surface area contributed by atoms with Crippen molar-refractivity contribution in [3.63, 3.8) is 0 Å². The summed E-state index contributed by atoms with van der Waals surface area (Å²) < 4.78 is 0. The van der Waals surface area contributed by atoms with Gasteiger partial charge in [0, 0.05) is 18.5 Å². The lowest BCUT2D eigenvalue weighted by Gasteiger charge is -2.34. The first-order chi connectivity index (χ1) is 7.70. The smallest absolute Gasteiger partial charge is 0.225 e. The van der Waals surface area contributed by atoms with Crippen LogP contribution >= 0.6 is 0 Å². The first kappa shape index (κ1) is 14.5. The molecular weight excluding hydrogens is 210 g/mol. The van der Waals surface area contributed by atoms with E-state index in [9.17, 15) is 4.79 Å². The van der Waals surface area contributed by atoms with Gasteiger partial charge in [-0.05, 0) is 37.5 Å². The van der Waals surface area contributed by atoms with E-state index in [4.69, 9.17) is 0 Å². The Labute approximate surface area is 107 Å².